The first-order valence-electron chi connectivity index (χ1n) is 8.24. The lowest BCUT2D eigenvalue weighted by Crippen LogP contribution is -2.23. The van der Waals surface area contributed by atoms with Gasteiger partial charge in [0.25, 0.3) is 0 Å². The van der Waals surface area contributed by atoms with Crippen LogP contribution in [0.1, 0.15) is 36.1 Å². The van der Waals surface area contributed by atoms with E-state index >= 15 is 0 Å². The van der Waals surface area contributed by atoms with Gasteiger partial charge in [0, 0.05) is 6.04 Å². The molecular formula is C20H26N2. The Bertz CT molecular complexity index is 646. The van der Waals surface area contributed by atoms with Crippen LogP contribution in [0, 0.1) is 0 Å². The second kappa shape index (κ2) is 6.64. The maximum Gasteiger partial charge on any atom is 0.0291 e. The van der Waals surface area contributed by atoms with Gasteiger partial charge in [-0.05, 0) is 74.8 Å². The number of nitrogens with one attached hydrogen (secondary N) is 1. The third kappa shape index (κ3) is 3.23. The summed E-state index contributed by atoms with van der Waals surface area (Å²) < 4.78 is 0. The van der Waals surface area contributed by atoms with Crippen molar-refractivity contribution < 1.29 is 0 Å². The molecular weight excluding hydrogens is 268 g/mol. The fraction of sp³-hybridized carbons (Fsp3) is 0.400. The lowest BCUT2D eigenvalue weighted by molar-refractivity contribution is 0.389. The summed E-state index contributed by atoms with van der Waals surface area (Å²) in [6, 6.07) is 16.1. The molecule has 2 aromatic carbocycles. The molecule has 1 N–H and O–H groups in total. The van der Waals surface area contributed by atoms with Crippen molar-refractivity contribution in [2.75, 3.05) is 27.2 Å². The van der Waals surface area contributed by atoms with Crippen LogP contribution in [-0.4, -0.2) is 32.1 Å². The standard InChI is InChI=1S/C20H26N2/c1-15(21-11-6-12-22(2)3)16-9-10-20-18(13-16)14-17-7-4-5-8-19(17)20/h4-5,7-10,13,15,21H,6,11-12,14H2,1-3H3. The molecule has 2 heteroatoms. The van der Waals surface area contributed by atoms with Crippen molar-refractivity contribution in [1.82, 2.24) is 10.2 Å². The smallest absolute Gasteiger partial charge is 0.0291 e. The maximum absolute atomic E-state index is 3.64. The molecule has 22 heavy (non-hydrogen) atoms. The topological polar surface area (TPSA) is 15.3 Å². The third-order valence-electron chi connectivity index (χ3n) is 4.55. The quantitative estimate of drug-likeness (QED) is 0.695. The minimum Gasteiger partial charge on any atom is -0.310 e. The molecule has 0 spiro atoms. The SMILES string of the molecule is CC(NCCCN(C)C)c1ccc2c(c1)Cc1ccccc1-2. The van der Waals surface area contributed by atoms with E-state index < -0.39 is 0 Å². The van der Waals surface area contributed by atoms with E-state index in [0.717, 1.165) is 19.5 Å². The van der Waals surface area contributed by atoms with Gasteiger partial charge in [0.05, 0.1) is 0 Å². The average Bonchev–Trinajstić information content (AvgIpc) is 2.88. The Morgan fingerprint density at radius 3 is 2.64 bits per heavy atom. The summed E-state index contributed by atoms with van der Waals surface area (Å²) in [5, 5.41) is 3.64. The molecule has 0 heterocycles. The summed E-state index contributed by atoms with van der Waals surface area (Å²) in [6.45, 7) is 4.47. The van der Waals surface area contributed by atoms with Gasteiger partial charge in [-0.2, -0.15) is 0 Å². The maximum atomic E-state index is 3.64. The number of hydrogen-bond donors (Lipinski definition) is 1. The molecule has 1 aliphatic rings. The minimum absolute atomic E-state index is 0.413. The van der Waals surface area contributed by atoms with Crippen LogP contribution in [-0.2, 0) is 6.42 Å². The van der Waals surface area contributed by atoms with Crippen molar-refractivity contribution in [3.63, 3.8) is 0 Å². The van der Waals surface area contributed by atoms with Gasteiger partial charge in [-0.15, -0.1) is 0 Å². The zero-order chi connectivity index (χ0) is 15.5. The molecule has 0 fully saturated rings. The lowest BCUT2D eigenvalue weighted by atomic mass is 10.0. The van der Waals surface area contributed by atoms with Crippen LogP contribution in [0.2, 0.25) is 0 Å². The van der Waals surface area contributed by atoms with Crippen molar-refractivity contribution in [3.05, 3.63) is 59.2 Å². The highest BCUT2D eigenvalue weighted by Crippen LogP contribution is 2.37. The van der Waals surface area contributed by atoms with Crippen LogP contribution in [0.4, 0.5) is 0 Å². The van der Waals surface area contributed by atoms with Gasteiger partial charge in [0.2, 0.25) is 0 Å². The highest BCUT2D eigenvalue weighted by molar-refractivity contribution is 5.76. The summed E-state index contributed by atoms with van der Waals surface area (Å²) in [7, 11) is 4.25. The van der Waals surface area contributed by atoms with Gasteiger partial charge in [0.1, 0.15) is 0 Å². The zero-order valence-electron chi connectivity index (χ0n) is 13.9. The molecule has 0 aromatic heterocycles. The fourth-order valence-corrected chi connectivity index (χ4v) is 3.27. The summed E-state index contributed by atoms with van der Waals surface area (Å²) in [5.41, 5.74) is 7.16. The Kier molecular flexibility index (Phi) is 4.60. The number of hydrogen-bond acceptors (Lipinski definition) is 2. The van der Waals surface area contributed by atoms with Crippen LogP contribution in [0.5, 0.6) is 0 Å². The summed E-state index contributed by atoms with van der Waals surface area (Å²) in [6.07, 6.45) is 2.26. The van der Waals surface area contributed by atoms with Gasteiger partial charge in [-0.1, -0.05) is 42.5 Å². The van der Waals surface area contributed by atoms with Gasteiger partial charge in [-0.25, -0.2) is 0 Å². The van der Waals surface area contributed by atoms with E-state index in [1.165, 1.54) is 34.2 Å². The summed E-state index contributed by atoms with van der Waals surface area (Å²) in [5.74, 6) is 0. The Labute approximate surface area is 134 Å². The number of nitrogens with zero attached hydrogens (tertiary/aromatic N) is 1. The number of benzene rings is 2. The molecule has 3 rings (SSSR count). The first-order chi connectivity index (χ1) is 10.6. The van der Waals surface area contributed by atoms with Crippen LogP contribution < -0.4 is 5.32 Å². The van der Waals surface area contributed by atoms with E-state index in [1.54, 1.807) is 0 Å². The van der Waals surface area contributed by atoms with Gasteiger partial charge < -0.3 is 10.2 Å². The number of fused-ring (bicyclic) bond motifs is 3. The van der Waals surface area contributed by atoms with E-state index in [-0.39, 0.29) is 0 Å². The van der Waals surface area contributed by atoms with Gasteiger partial charge >= 0.3 is 0 Å². The third-order valence-corrected chi connectivity index (χ3v) is 4.55. The highest BCUT2D eigenvalue weighted by Gasteiger charge is 2.18. The molecule has 1 aliphatic carbocycles. The normalized spacial score (nSPS) is 14.0. The second-order valence-electron chi connectivity index (χ2n) is 6.58. The van der Waals surface area contributed by atoms with Crippen molar-refractivity contribution in [2.45, 2.75) is 25.8 Å². The largest absolute Gasteiger partial charge is 0.310 e. The zero-order valence-corrected chi connectivity index (χ0v) is 13.9. The van der Waals surface area contributed by atoms with Gasteiger partial charge in [-0.3, -0.25) is 0 Å². The van der Waals surface area contributed by atoms with Crippen LogP contribution >= 0.6 is 0 Å². The van der Waals surface area contributed by atoms with Crippen molar-refractivity contribution in [1.29, 1.82) is 0 Å². The molecule has 2 aromatic rings. The highest BCUT2D eigenvalue weighted by atomic mass is 15.1. The molecule has 0 radical (unpaired) electrons. The molecule has 116 valence electrons. The molecule has 1 unspecified atom stereocenters. The summed E-state index contributed by atoms with van der Waals surface area (Å²) >= 11 is 0. The van der Waals surface area contributed by atoms with E-state index in [9.17, 15) is 0 Å². The Hall–Kier alpha value is -1.64. The molecule has 0 saturated heterocycles. The van der Waals surface area contributed by atoms with Crippen LogP contribution in [0.25, 0.3) is 11.1 Å². The minimum atomic E-state index is 0.413. The molecule has 2 nitrogen and oxygen atoms in total. The molecule has 0 aliphatic heterocycles. The predicted molar refractivity (Wildman–Crippen MR) is 94.3 cm³/mol. The summed E-state index contributed by atoms with van der Waals surface area (Å²) in [4.78, 5) is 2.24. The molecule has 0 bridgehead atoms. The van der Waals surface area contributed by atoms with Crippen molar-refractivity contribution in [2.24, 2.45) is 0 Å². The molecule has 0 amide bonds. The first-order valence-corrected chi connectivity index (χ1v) is 8.24. The monoisotopic (exact) mass is 294 g/mol. The van der Waals surface area contributed by atoms with E-state index in [0.29, 0.717) is 6.04 Å². The van der Waals surface area contributed by atoms with E-state index in [2.05, 4.69) is 73.7 Å². The second-order valence-corrected chi connectivity index (χ2v) is 6.58. The Morgan fingerprint density at radius 1 is 1.05 bits per heavy atom. The van der Waals surface area contributed by atoms with E-state index in [1.807, 2.05) is 0 Å². The predicted octanol–water partition coefficient (Wildman–Crippen LogP) is 3.86. The Balaban J connectivity index is 1.66. The van der Waals surface area contributed by atoms with Crippen molar-refractivity contribution in [3.8, 4) is 11.1 Å². The van der Waals surface area contributed by atoms with Gasteiger partial charge in [0.15, 0.2) is 0 Å². The van der Waals surface area contributed by atoms with E-state index in [4.69, 9.17) is 0 Å². The fourth-order valence-electron chi connectivity index (χ4n) is 3.27. The molecule has 1 atom stereocenters. The van der Waals surface area contributed by atoms with Crippen LogP contribution in [0.15, 0.2) is 42.5 Å². The first kappa shape index (κ1) is 15.3. The van der Waals surface area contributed by atoms with Crippen molar-refractivity contribution >= 4 is 0 Å². The molecule has 0 saturated carbocycles. The Morgan fingerprint density at radius 2 is 1.82 bits per heavy atom. The lowest BCUT2D eigenvalue weighted by Gasteiger charge is -2.16. The van der Waals surface area contributed by atoms with Crippen LogP contribution in [0.3, 0.4) is 0 Å². The number of rotatable bonds is 6. The average molecular weight is 294 g/mol.